The lowest BCUT2D eigenvalue weighted by atomic mass is 10.1. The quantitative estimate of drug-likeness (QED) is 0.595. The van der Waals surface area contributed by atoms with Crippen molar-refractivity contribution >= 4 is 17.4 Å². The lowest BCUT2D eigenvalue weighted by Crippen LogP contribution is -2.16. The maximum absolute atomic E-state index is 12.9. The van der Waals surface area contributed by atoms with Gasteiger partial charge in [-0.05, 0) is 50.1 Å². The molecule has 0 radical (unpaired) electrons. The van der Waals surface area contributed by atoms with E-state index in [0.29, 0.717) is 23.8 Å². The van der Waals surface area contributed by atoms with Crippen LogP contribution < -0.4 is 15.4 Å². The Morgan fingerprint density at radius 1 is 1.07 bits per heavy atom. The van der Waals surface area contributed by atoms with Crippen LogP contribution in [0.25, 0.3) is 0 Å². The van der Waals surface area contributed by atoms with Gasteiger partial charge in [0.15, 0.2) is 0 Å². The number of hydrogen-bond donors (Lipinski definition) is 2. The summed E-state index contributed by atoms with van der Waals surface area (Å²) in [5, 5.41) is 5.94. The van der Waals surface area contributed by atoms with Crippen molar-refractivity contribution in [2.75, 3.05) is 17.2 Å². The van der Waals surface area contributed by atoms with Crippen molar-refractivity contribution in [1.82, 2.24) is 9.97 Å². The van der Waals surface area contributed by atoms with Crippen LogP contribution in [-0.2, 0) is 6.42 Å². The average molecular weight is 394 g/mol. The number of para-hydroxylation sites is 2. The third-order valence-corrected chi connectivity index (χ3v) is 4.02. The maximum atomic E-state index is 12.9. The number of ether oxygens (including phenoxy) is 1. The molecule has 0 atom stereocenters. The molecular formula is C22H23FN4O2. The van der Waals surface area contributed by atoms with Gasteiger partial charge in [-0.25, -0.2) is 14.4 Å². The Bertz CT molecular complexity index is 944. The number of amides is 1. The van der Waals surface area contributed by atoms with Crippen molar-refractivity contribution in [1.29, 1.82) is 0 Å². The number of hydrogen-bond acceptors (Lipinski definition) is 5. The molecule has 1 amide bonds. The normalized spacial score (nSPS) is 10.6. The van der Waals surface area contributed by atoms with Crippen LogP contribution in [-0.4, -0.2) is 28.5 Å². The van der Waals surface area contributed by atoms with Gasteiger partial charge >= 0.3 is 0 Å². The molecule has 29 heavy (non-hydrogen) atoms. The predicted octanol–water partition coefficient (Wildman–Crippen LogP) is 4.31. The van der Waals surface area contributed by atoms with E-state index in [-0.39, 0.29) is 23.5 Å². The molecule has 0 aliphatic heterocycles. The number of halogens is 1. The van der Waals surface area contributed by atoms with Crippen LogP contribution in [0.4, 0.5) is 15.9 Å². The van der Waals surface area contributed by atoms with Crippen LogP contribution in [0, 0.1) is 5.82 Å². The van der Waals surface area contributed by atoms with Gasteiger partial charge in [-0.3, -0.25) is 4.79 Å². The van der Waals surface area contributed by atoms with Crippen LogP contribution in [0.2, 0.25) is 0 Å². The minimum atomic E-state index is -0.366. The zero-order chi connectivity index (χ0) is 20.6. The molecule has 0 fully saturated rings. The van der Waals surface area contributed by atoms with Gasteiger partial charge in [-0.15, -0.1) is 0 Å². The van der Waals surface area contributed by atoms with E-state index >= 15 is 0 Å². The Labute approximate surface area is 169 Å². The summed E-state index contributed by atoms with van der Waals surface area (Å²) in [6.07, 6.45) is 3.64. The van der Waals surface area contributed by atoms with E-state index in [1.807, 2.05) is 26.0 Å². The standard InChI is InChI=1S/C22H23FN4O2/c1-15(2)29-20-6-4-3-5-18(20)27-22(28)19-13-26-21(14-25-19)24-12-11-16-7-9-17(23)10-8-16/h3-10,13-15H,11-12H2,1-2H3,(H,24,26)(H,27,28). The molecule has 0 saturated carbocycles. The van der Waals surface area contributed by atoms with Crippen LogP contribution in [0.5, 0.6) is 5.75 Å². The largest absolute Gasteiger partial charge is 0.489 e. The lowest BCUT2D eigenvalue weighted by Gasteiger charge is -2.14. The monoisotopic (exact) mass is 394 g/mol. The van der Waals surface area contributed by atoms with E-state index in [0.717, 1.165) is 12.0 Å². The van der Waals surface area contributed by atoms with E-state index < -0.39 is 0 Å². The number of anilines is 2. The summed E-state index contributed by atoms with van der Waals surface area (Å²) in [4.78, 5) is 20.9. The highest BCUT2D eigenvalue weighted by Crippen LogP contribution is 2.25. The zero-order valence-corrected chi connectivity index (χ0v) is 16.4. The first-order valence-electron chi connectivity index (χ1n) is 9.38. The molecule has 0 saturated heterocycles. The second-order valence-corrected chi connectivity index (χ2v) is 6.71. The maximum Gasteiger partial charge on any atom is 0.275 e. The molecule has 0 unspecified atom stereocenters. The molecule has 7 heteroatoms. The van der Waals surface area contributed by atoms with Gasteiger partial charge in [-0.1, -0.05) is 24.3 Å². The van der Waals surface area contributed by atoms with Crippen LogP contribution >= 0.6 is 0 Å². The Morgan fingerprint density at radius 2 is 1.83 bits per heavy atom. The third-order valence-electron chi connectivity index (χ3n) is 4.02. The summed E-state index contributed by atoms with van der Waals surface area (Å²) in [7, 11) is 0. The van der Waals surface area contributed by atoms with Gasteiger partial charge in [0, 0.05) is 6.54 Å². The highest BCUT2D eigenvalue weighted by atomic mass is 19.1. The summed E-state index contributed by atoms with van der Waals surface area (Å²) < 4.78 is 18.6. The van der Waals surface area contributed by atoms with Crippen molar-refractivity contribution in [2.45, 2.75) is 26.4 Å². The molecule has 0 bridgehead atoms. The van der Waals surface area contributed by atoms with Crippen LogP contribution in [0.3, 0.4) is 0 Å². The Kier molecular flexibility index (Phi) is 6.73. The first kappa shape index (κ1) is 20.3. The summed E-state index contributed by atoms with van der Waals surface area (Å²) in [6, 6.07) is 13.6. The topological polar surface area (TPSA) is 76.1 Å². The van der Waals surface area contributed by atoms with Crippen molar-refractivity contribution < 1.29 is 13.9 Å². The number of carbonyl (C=O) groups excluding carboxylic acids is 1. The fourth-order valence-electron chi connectivity index (χ4n) is 2.64. The van der Waals surface area contributed by atoms with E-state index in [4.69, 9.17) is 4.74 Å². The predicted molar refractivity (Wildman–Crippen MR) is 111 cm³/mol. The van der Waals surface area contributed by atoms with Crippen molar-refractivity contribution in [3.05, 3.63) is 78.0 Å². The minimum absolute atomic E-state index is 0.00638. The fraction of sp³-hybridized carbons (Fsp3) is 0.227. The highest BCUT2D eigenvalue weighted by molar-refractivity contribution is 6.03. The smallest absolute Gasteiger partial charge is 0.275 e. The second kappa shape index (κ2) is 9.64. The first-order valence-corrected chi connectivity index (χ1v) is 9.38. The molecule has 0 aliphatic rings. The second-order valence-electron chi connectivity index (χ2n) is 6.71. The van der Waals surface area contributed by atoms with Crippen LogP contribution in [0.15, 0.2) is 60.9 Å². The van der Waals surface area contributed by atoms with Gasteiger partial charge in [0.25, 0.3) is 5.91 Å². The Morgan fingerprint density at radius 3 is 2.52 bits per heavy atom. The molecule has 3 rings (SSSR count). The summed E-state index contributed by atoms with van der Waals surface area (Å²) in [6.45, 7) is 4.46. The summed E-state index contributed by atoms with van der Waals surface area (Å²) in [5.41, 5.74) is 1.80. The van der Waals surface area contributed by atoms with E-state index in [1.165, 1.54) is 24.5 Å². The zero-order valence-electron chi connectivity index (χ0n) is 16.4. The molecule has 150 valence electrons. The SMILES string of the molecule is CC(C)Oc1ccccc1NC(=O)c1cnc(NCCc2ccc(F)cc2)cn1. The van der Waals surface area contributed by atoms with Gasteiger partial charge in [0.1, 0.15) is 23.1 Å². The fourth-order valence-corrected chi connectivity index (χ4v) is 2.64. The molecule has 0 aliphatic carbocycles. The molecule has 0 spiro atoms. The van der Waals surface area contributed by atoms with Crippen LogP contribution in [0.1, 0.15) is 29.9 Å². The molecule has 1 heterocycles. The molecule has 6 nitrogen and oxygen atoms in total. The molecule has 2 aromatic carbocycles. The summed E-state index contributed by atoms with van der Waals surface area (Å²) in [5.74, 6) is 0.546. The number of nitrogens with zero attached hydrogens (tertiary/aromatic N) is 2. The number of rotatable bonds is 8. The molecule has 1 aromatic heterocycles. The molecule has 3 aromatic rings. The number of aromatic nitrogens is 2. The lowest BCUT2D eigenvalue weighted by molar-refractivity contribution is 0.102. The van der Waals surface area contributed by atoms with Crippen molar-refractivity contribution in [3.8, 4) is 5.75 Å². The van der Waals surface area contributed by atoms with E-state index in [2.05, 4.69) is 20.6 Å². The van der Waals surface area contributed by atoms with Gasteiger partial charge in [0.05, 0.1) is 24.2 Å². The number of nitrogens with one attached hydrogen (secondary N) is 2. The van der Waals surface area contributed by atoms with Gasteiger partial charge in [-0.2, -0.15) is 0 Å². The Hall–Kier alpha value is -3.48. The highest BCUT2D eigenvalue weighted by Gasteiger charge is 2.12. The average Bonchev–Trinajstić information content (AvgIpc) is 2.71. The number of benzene rings is 2. The Balaban J connectivity index is 1.55. The summed E-state index contributed by atoms with van der Waals surface area (Å²) >= 11 is 0. The van der Waals surface area contributed by atoms with Gasteiger partial charge < -0.3 is 15.4 Å². The molecular weight excluding hydrogens is 371 g/mol. The van der Waals surface area contributed by atoms with Gasteiger partial charge in [0.2, 0.25) is 0 Å². The molecule has 2 N–H and O–H groups in total. The van der Waals surface area contributed by atoms with E-state index in [1.54, 1.807) is 24.3 Å². The van der Waals surface area contributed by atoms with E-state index in [9.17, 15) is 9.18 Å². The van der Waals surface area contributed by atoms with Crippen molar-refractivity contribution in [2.24, 2.45) is 0 Å². The van der Waals surface area contributed by atoms with Crippen molar-refractivity contribution in [3.63, 3.8) is 0 Å². The number of carbonyl (C=O) groups is 1. The first-order chi connectivity index (χ1) is 14.0. The third kappa shape index (κ3) is 6.00. The minimum Gasteiger partial charge on any atom is -0.489 e.